The lowest BCUT2D eigenvalue weighted by molar-refractivity contribution is -0.385. The number of nitro groups is 1. The topological polar surface area (TPSA) is 99.9 Å². The number of benzene rings is 1. The Morgan fingerprint density at radius 3 is 2.75 bits per heavy atom. The standard InChI is InChI=1S/C14H11Cl2N5O3/c1-7-12(21(22)23)6-17-20(7)8(2)14-18-13(19-24-14)10-4-3-9(15)5-11(10)16/h3-6,8H,1-2H3. The van der Waals surface area contributed by atoms with E-state index in [2.05, 4.69) is 15.2 Å². The van der Waals surface area contributed by atoms with Gasteiger partial charge in [-0.25, -0.2) is 0 Å². The Hall–Kier alpha value is -2.45. The Balaban J connectivity index is 1.94. The molecule has 0 bridgehead atoms. The molecule has 0 amide bonds. The van der Waals surface area contributed by atoms with Gasteiger partial charge in [0.15, 0.2) is 0 Å². The molecular weight excluding hydrogens is 357 g/mol. The highest BCUT2D eigenvalue weighted by Crippen LogP contribution is 2.30. The third kappa shape index (κ3) is 2.85. The number of hydrogen-bond acceptors (Lipinski definition) is 6. The van der Waals surface area contributed by atoms with E-state index in [1.165, 1.54) is 10.9 Å². The van der Waals surface area contributed by atoms with Crippen LogP contribution in [0.25, 0.3) is 11.4 Å². The molecule has 3 aromatic rings. The van der Waals surface area contributed by atoms with Crippen LogP contribution >= 0.6 is 23.2 Å². The van der Waals surface area contributed by atoms with E-state index in [1.54, 1.807) is 32.0 Å². The van der Waals surface area contributed by atoms with E-state index in [0.29, 0.717) is 27.1 Å². The van der Waals surface area contributed by atoms with Crippen LogP contribution in [0.15, 0.2) is 28.9 Å². The highest BCUT2D eigenvalue weighted by atomic mass is 35.5. The summed E-state index contributed by atoms with van der Waals surface area (Å²) < 4.78 is 6.72. The molecule has 10 heteroatoms. The van der Waals surface area contributed by atoms with Crippen LogP contribution in [0.3, 0.4) is 0 Å². The Bertz CT molecular complexity index is 921. The van der Waals surface area contributed by atoms with E-state index in [1.807, 2.05) is 0 Å². The molecule has 124 valence electrons. The second-order valence-corrected chi connectivity index (χ2v) is 5.92. The van der Waals surface area contributed by atoms with Gasteiger partial charge in [-0.3, -0.25) is 14.8 Å². The zero-order chi connectivity index (χ0) is 17.4. The molecule has 0 radical (unpaired) electrons. The molecule has 0 saturated heterocycles. The quantitative estimate of drug-likeness (QED) is 0.508. The molecule has 0 saturated carbocycles. The zero-order valence-electron chi connectivity index (χ0n) is 12.6. The average molecular weight is 368 g/mol. The van der Waals surface area contributed by atoms with Crippen molar-refractivity contribution >= 4 is 28.9 Å². The molecule has 2 heterocycles. The van der Waals surface area contributed by atoms with Crippen LogP contribution in [0, 0.1) is 17.0 Å². The van der Waals surface area contributed by atoms with Gasteiger partial charge in [0.2, 0.25) is 5.82 Å². The number of nitrogens with zero attached hydrogens (tertiary/aromatic N) is 5. The number of aromatic nitrogens is 4. The first kappa shape index (κ1) is 16.4. The van der Waals surface area contributed by atoms with E-state index in [9.17, 15) is 10.1 Å². The van der Waals surface area contributed by atoms with Crippen LogP contribution in [0.2, 0.25) is 10.0 Å². The highest BCUT2D eigenvalue weighted by molar-refractivity contribution is 6.36. The van der Waals surface area contributed by atoms with Gasteiger partial charge in [-0.05, 0) is 32.0 Å². The maximum Gasteiger partial charge on any atom is 0.309 e. The van der Waals surface area contributed by atoms with Gasteiger partial charge < -0.3 is 4.52 Å². The van der Waals surface area contributed by atoms with Crippen molar-refractivity contribution in [3.8, 4) is 11.4 Å². The minimum Gasteiger partial charge on any atom is -0.337 e. The average Bonchev–Trinajstić information content (AvgIpc) is 3.13. The fraction of sp³-hybridized carbons (Fsp3) is 0.214. The van der Waals surface area contributed by atoms with Gasteiger partial charge in [0, 0.05) is 10.6 Å². The monoisotopic (exact) mass is 367 g/mol. The molecule has 0 N–H and O–H groups in total. The Morgan fingerprint density at radius 1 is 1.38 bits per heavy atom. The van der Waals surface area contributed by atoms with E-state index in [-0.39, 0.29) is 11.6 Å². The normalized spacial score (nSPS) is 12.3. The van der Waals surface area contributed by atoms with Crippen LogP contribution in [-0.2, 0) is 0 Å². The Morgan fingerprint density at radius 2 is 2.12 bits per heavy atom. The van der Waals surface area contributed by atoms with Crippen LogP contribution in [-0.4, -0.2) is 24.8 Å². The molecule has 0 fully saturated rings. The van der Waals surface area contributed by atoms with Crippen LogP contribution < -0.4 is 0 Å². The fourth-order valence-electron chi connectivity index (χ4n) is 2.27. The second kappa shape index (κ2) is 6.21. The number of rotatable bonds is 4. The molecule has 3 rings (SSSR count). The van der Waals surface area contributed by atoms with Gasteiger partial charge in [0.05, 0.1) is 9.95 Å². The van der Waals surface area contributed by atoms with Crippen molar-refractivity contribution in [1.82, 2.24) is 19.9 Å². The van der Waals surface area contributed by atoms with E-state index in [4.69, 9.17) is 27.7 Å². The van der Waals surface area contributed by atoms with E-state index < -0.39 is 11.0 Å². The molecule has 2 aromatic heterocycles. The summed E-state index contributed by atoms with van der Waals surface area (Å²) in [5.41, 5.74) is 0.908. The van der Waals surface area contributed by atoms with Gasteiger partial charge in [-0.15, -0.1) is 0 Å². The molecule has 1 atom stereocenters. The second-order valence-electron chi connectivity index (χ2n) is 5.07. The molecule has 24 heavy (non-hydrogen) atoms. The van der Waals surface area contributed by atoms with E-state index >= 15 is 0 Å². The van der Waals surface area contributed by atoms with Gasteiger partial charge >= 0.3 is 5.69 Å². The van der Waals surface area contributed by atoms with Crippen molar-refractivity contribution in [2.45, 2.75) is 19.9 Å². The maximum absolute atomic E-state index is 10.9. The number of hydrogen-bond donors (Lipinski definition) is 0. The molecule has 0 spiro atoms. The zero-order valence-corrected chi connectivity index (χ0v) is 14.1. The molecule has 0 aliphatic carbocycles. The van der Waals surface area contributed by atoms with Crippen molar-refractivity contribution in [2.75, 3.05) is 0 Å². The lowest BCUT2D eigenvalue weighted by Gasteiger charge is -2.08. The summed E-state index contributed by atoms with van der Waals surface area (Å²) in [5, 5.41) is 19.8. The lowest BCUT2D eigenvalue weighted by Crippen LogP contribution is -2.10. The van der Waals surface area contributed by atoms with Gasteiger partial charge in [-0.1, -0.05) is 28.4 Å². The van der Waals surface area contributed by atoms with Crippen molar-refractivity contribution in [3.05, 3.63) is 56.1 Å². The van der Waals surface area contributed by atoms with Crippen molar-refractivity contribution < 1.29 is 9.45 Å². The molecule has 1 aromatic carbocycles. The van der Waals surface area contributed by atoms with Gasteiger partial charge in [0.1, 0.15) is 17.9 Å². The summed E-state index contributed by atoms with van der Waals surface area (Å²) >= 11 is 12.0. The van der Waals surface area contributed by atoms with Crippen molar-refractivity contribution in [1.29, 1.82) is 0 Å². The molecule has 8 nitrogen and oxygen atoms in total. The summed E-state index contributed by atoms with van der Waals surface area (Å²) in [6.45, 7) is 3.36. The van der Waals surface area contributed by atoms with Crippen LogP contribution in [0.1, 0.15) is 24.6 Å². The molecule has 0 aliphatic heterocycles. The van der Waals surface area contributed by atoms with Gasteiger partial charge in [-0.2, -0.15) is 10.1 Å². The predicted octanol–water partition coefficient (Wildman–Crippen LogP) is 4.07. The first-order valence-electron chi connectivity index (χ1n) is 6.86. The number of halogens is 2. The summed E-state index contributed by atoms with van der Waals surface area (Å²) in [6, 6.07) is 4.47. The summed E-state index contributed by atoms with van der Waals surface area (Å²) in [7, 11) is 0. The van der Waals surface area contributed by atoms with Crippen LogP contribution in [0.4, 0.5) is 5.69 Å². The fourth-order valence-corrected chi connectivity index (χ4v) is 2.77. The summed E-state index contributed by atoms with van der Waals surface area (Å²) in [6.07, 6.45) is 1.19. The third-order valence-electron chi connectivity index (χ3n) is 3.55. The minimum atomic E-state index is -0.488. The summed E-state index contributed by atoms with van der Waals surface area (Å²) in [4.78, 5) is 14.7. The predicted molar refractivity (Wildman–Crippen MR) is 87.2 cm³/mol. The Kier molecular flexibility index (Phi) is 4.25. The largest absolute Gasteiger partial charge is 0.337 e. The first-order valence-corrected chi connectivity index (χ1v) is 7.61. The highest BCUT2D eigenvalue weighted by Gasteiger charge is 2.24. The molecular formula is C14H11Cl2N5O3. The van der Waals surface area contributed by atoms with Crippen LogP contribution in [0.5, 0.6) is 0 Å². The molecule has 0 aliphatic rings. The van der Waals surface area contributed by atoms with E-state index in [0.717, 1.165) is 0 Å². The summed E-state index contributed by atoms with van der Waals surface area (Å²) in [5.74, 6) is 0.565. The Labute approximate surface area is 146 Å². The third-order valence-corrected chi connectivity index (χ3v) is 4.10. The minimum absolute atomic E-state index is 0.0673. The van der Waals surface area contributed by atoms with Gasteiger partial charge in [0.25, 0.3) is 5.89 Å². The molecule has 1 unspecified atom stereocenters. The smallest absolute Gasteiger partial charge is 0.309 e. The first-order chi connectivity index (χ1) is 11.4. The van der Waals surface area contributed by atoms with Crippen molar-refractivity contribution in [3.63, 3.8) is 0 Å². The maximum atomic E-state index is 10.9. The van der Waals surface area contributed by atoms with Crippen molar-refractivity contribution in [2.24, 2.45) is 0 Å². The lowest BCUT2D eigenvalue weighted by atomic mass is 10.2. The SMILES string of the molecule is Cc1c([N+](=O)[O-])cnn1C(C)c1nc(-c2ccc(Cl)cc2Cl)no1.